The summed E-state index contributed by atoms with van der Waals surface area (Å²) >= 11 is 1.35. The van der Waals surface area contributed by atoms with Crippen LogP contribution >= 0.6 is 11.3 Å². The number of carbonyl (C=O) groups excluding carboxylic acids is 1. The number of rotatable bonds is 5. The molecular weight excluding hydrogens is 335 g/mol. The normalized spacial score (nSPS) is 12.2. The zero-order valence-corrected chi connectivity index (χ0v) is 14.5. The quantitative estimate of drug-likeness (QED) is 0.505. The number of hydrogen-bond donors (Lipinski definition) is 1. The lowest BCUT2D eigenvalue weighted by Gasteiger charge is -2.05. The van der Waals surface area contributed by atoms with Crippen LogP contribution in [-0.2, 0) is 0 Å². The molecular formula is C20H17FN2OS. The summed E-state index contributed by atoms with van der Waals surface area (Å²) in [7, 11) is 0. The number of carbonyl (C=O) groups is 1. The van der Waals surface area contributed by atoms with Gasteiger partial charge >= 0.3 is 0 Å². The fraction of sp³-hybridized carbons (Fsp3) is 0.100. The lowest BCUT2D eigenvalue weighted by atomic mass is 10.0. The third-order valence-electron chi connectivity index (χ3n) is 3.75. The van der Waals surface area contributed by atoms with E-state index in [0.717, 1.165) is 16.0 Å². The maximum atomic E-state index is 13.0. The second-order valence-corrected chi connectivity index (χ2v) is 6.67. The van der Waals surface area contributed by atoms with Crippen molar-refractivity contribution in [3.8, 4) is 10.4 Å². The van der Waals surface area contributed by atoms with Gasteiger partial charge < -0.3 is 0 Å². The van der Waals surface area contributed by atoms with Gasteiger partial charge in [-0.25, -0.2) is 9.82 Å². The monoisotopic (exact) mass is 352 g/mol. The molecule has 1 aromatic heterocycles. The van der Waals surface area contributed by atoms with Gasteiger partial charge in [0.1, 0.15) is 5.82 Å². The third kappa shape index (κ3) is 4.39. The third-order valence-corrected chi connectivity index (χ3v) is 4.88. The van der Waals surface area contributed by atoms with Crippen molar-refractivity contribution in [2.24, 2.45) is 5.10 Å². The van der Waals surface area contributed by atoms with Gasteiger partial charge in [-0.15, -0.1) is 11.3 Å². The van der Waals surface area contributed by atoms with Gasteiger partial charge in [0.05, 0.1) is 4.88 Å². The highest BCUT2D eigenvalue weighted by Gasteiger charge is 2.10. The van der Waals surface area contributed by atoms with Crippen molar-refractivity contribution in [3.05, 3.63) is 83.0 Å². The van der Waals surface area contributed by atoms with Gasteiger partial charge in [-0.3, -0.25) is 4.79 Å². The SMILES string of the molecule is CC(/C=N/NC(=O)c1ccc(-c2ccc(F)cc2)s1)c1ccccc1. The summed E-state index contributed by atoms with van der Waals surface area (Å²) in [4.78, 5) is 13.7. The largest absolute Gasteiger partial charge is 0.281 e. The Hall–Kier alpha value is -2.79. The number of halogens is 1. The molecule has 126 valence electrons. The topological polar surface area (TPSA) is 41.5 Å². The van der Waals surface area contributed by atoms with E-state index in [1.54, 1.807) is 24.4 Å². The van der Waals surface area contributed by atoms with E-state index in [-0.39, 0.29) is 17.6 Å². The minimum absolute atomic E-state index is 0.111. The van der Waals surface area contributed by atoms with Gasteiger partial charge in [-0.05, 0) is 35.4 Å². The number of benzene rings is 2. The molecule has 5 heteroatoms. The molecule has 0 saturated heterocycles. The van der Waals surface area contributed by atoms with Crippen molar-refractivity contribution in [1.82, 2.24) is 5.43 Å². The number of hydrazone groups is 1. The Bertz CT molecular complexity index is 872. The van der Waals surface area contributed by atoms with Crippen LogP contribution in [0.25, 0.3) is 10.4 Å². The van der Waals surface area contributed by atoms with E-state index in [0.29, 0.717) is 4.88 Å². The minimum atomic E-state index is -0.278. The van der Waals surface area contributed by atoms with E-state index >= 15 is 0 Å². The number of nitrogens with zero attached hydrogens (tertiary/aromatic N) is 1. The number of nitrogens with one attached hydrogen (secondary N) is 1. The van der Waals surface area contributed by atoms with E-state index < -0.39 is 0 Å². The molecule has 0 saturated carbocycles. The summed E-state index contributed by atoms with van der Waals surface area (Å²) in [5, 5.41) is 4.05. The van der Waals surface area contributed by atoms with Crippen LogP contribution in [0.3, 0.4) is 0 Å². The number of thiophene rings is 1. The Morgan fingerprint density at radius 3 is 2.52 bits per heavy atom. The Morgan fingerprint density at radius 2 is 1.80 bits per heavy atom. The first-order valence-corrected chi connectivity index (χ1v) is 8.69. The van der Waals surface area contributed by atoms with Crippen molar-refractivity contribution in [1.29, 1.82) is 0 Å². The molecule has 0 bridgehead atoms. The summed E-state index contributed by atoms with van der Waals surface area (Å²) in [5.41, 5.74) is 4.57. The first-order chi connectivity index (χ1) is 12.1. The van der Waals surface area contributed by atoms with E-state index in [2.05, 4.69) is 10.5 Å². The second kappa shape index (κ2) is 7.85. The molecule has 0 spiro atoms. The standard InChI is InChI=1S/C20H17FN2OS/c1-14(15-5-3-2-4-6-15)13-22-23-20(24)19-12-11-18(25-19)16-7-9-17(21)10-8-16/h2-14H,1H3,(H,23,24)/b22-13+. The Morgan fingerprint density at radius 1 is 1.08 bits per heavy atom. The first-order valence-electron chi connectivity index (χ1n) is 7.88. The van der Waals surface area contributed by atoms with Crippen LogP contribution in [0.5, 0.6) is 0 Å². The molecule has 0 fully saturated rings. The van der Waals surface area contributed by atoms with Crippen molar-refractivity contribution in [2.75, 3.05) is 0 Å². The smallest absolute Gasteiger partial charge is 0.266 e. The summed E-state index contributed by atoms with van der Waals surface area (Å²) in [6.45, 7) is 2.02. The van der Waals surface area contributed by atoms with Crippen molar-refractivity contribution in [2.45, 2.75) is 12.8 Å². The number of hydrogen-bond acceptors (Lipinski definition) is 3. The molecule has 3 nitrogen and oxygen atoms in total. The summed E-state index contributed by atoms with van der Waals surface area (Å²) in [6, 6.07) is 19.8. The van der Waals surface area contributed by atoms with Crippen LogP contribution in [0, 0.1) is 5.82 Å². The van der Waals surface area contributed by atoms with Gasteiger partial charge in [0.25, 0.3) is 5.91 Å². The van der Waals surface area contributed by atoms with Gasteiger partial charge in [-0.1, -0.05) is 49.4 Å². The maximum absolute atomic E-state index is 13.0. The molecule has 1 unspecified atom stereocenters. The minimum Gasteiger partial charge on any atom is -0.266 e. The van der Waals surface area contributed by atoms with Crippen molar-refractivity contribution in [3.63, 3.8) is 0 Å². The first kappa shape index (κ1) is 17.0. The molecule has 25 heavy (non-hydrogen) atoms. The zero-order valence-electron chi connectivity index (χ0n) is 13.6. The average molecular weight is 352 g/mol. The van der Waals surface area contributed by atoms with Crippen LogP contribution in [0.1, 0.15) is 28.1 Å². The predicted molar refractivity (Wildman–Crippen MR) is 101 cm³/mol. The second-order valence-electron chi connectivity index (χ2n) is 5.59. The van der Waals surface area contributed by atoms with E-state index in [1.807, 2.05) is 43.3 Å². The van der Waals surface area contributed by atoms with Crippen LogP contribution in [0.2, 0.25) is 0 Å². The van der Waals surface area contributed by atoms with Crippen LogP contribution in [0.15, 0.2) is 71.8 Å². The van der Waals surface area contributed by atoms with E-state index in [9.17, 15) is 9.18 Å². The molecule has 1 atom stereocenters. The highest BCUT2D eigenvalue weighted by atomic mass is 32.1. The van der Waals surface area contributed by atoms with E-state index in [4.69, 9.17) is 0 Å². The van der Waals surface area contributed by atoms with E-state index in [1.165, 1.54) is 23.5 Å². The molecule has 3 rings (SSSR count). The molecule has 3 aromatic rings. The molecule has 2 aromatic carbocycles. The van der Waals surface area contributed by atoms with Crippen LogP contribution in [0.4, 0.5) is 4.39 Å². The fourth-order valence-corrected chi connectivity index (χ4v) is 3.24. The molecule has 0 aliphatic rings. The Kier molecular flexibility index (Phi) is 5.36. The van der Waals surface area contributed by atoms with Gasteiger partial charge in [0.2, 0.25) is 0 Å². The average Bonchev–Trinajstić information content (AvgIpc) is 3.13. The molecule has 1 heterocycles. The zero-order chi connectivity index (χ0) is 17.6. The lowest BCUT2D eigenvalue weighted by molar-refractivity contribution is 0.0959. The molecule has 1 amide bonds. The van der Waals surface area contributed by atoms with Gasteiger partial charge in [0.15, 0.2) is 0 Å². The molecule has 0 aliphatic carbocycles. The Balaban J connectivity index is 1.62. The van der Waals surface area contributed by atoms with Gasteiger partial charge in [-0.2, -0.15) is 5.10 Å². The van der Waals surface area contributed by atoms with Crippen molar-refractivity contribution >= 4 is 23.5 Å². The highest BCUT2D eigenvalue weighted by Crippen LogP contribution is 2.28. The summed E-state index contributed by atoms with van der Waals surface area (Å²) in [5.74, 6) is -0.422. The molecule has 0 radical (unpaired) electrons. The summed E-state index contributed by atoms with van der Waals surface area (Å²) in [6.07, 6.45) is 1.71. The van der Waals surface area contributed by atoms with Crippen LogP contribution < -0.4 is 5.43 Å². The molecule has 0 aliphatic heterocycles. The van der Waals surface area contributed by atoms with Crippen molar-refractivity contribution < 1.29 is 9.18 Å². The Labute approximate surface area is 149 Å². The predicted octanol–water partition coefficient (Wildman–Crippen LogP) is 5.07. The molecule has 1 N–H and O–H groups in total. The lowest BCUT2D eigenvalue weighted by Crippen LogP contribution is -2.16. The highest BCUT2D eigenvalue weighted by molar-refractivity contribution is 7.17. The summed E-state index contributed by atoms with van der Waals surface area (Å²) < 4.78 is 13.0. The fourth-order valence-electron chi connectivity index (χ4n) is 2.33. The van der Waals surface area contributed by atoms with Gasteiger partial charge in [0, 0.05) is 17.0 Å². The van der Waals surface area contributed by atoms with Crippen LogP contribution in [-0.4, -0.2) is 12.1 Å². The number of amides is 1. The maximum Gasteiger partial charge on any atom is 0.281 e.